The number of hydrogen-bond donors (Lipinski definition) is 1. The molecule has 2 atom stereocenters. The Bertz CT molecular complexity index is 226. The van der Waals surface area contributed by atoms with E-state index in [1.54, 1.807) is 0 Å². The van der Waals surface area contributed by atoms with Crippen molar-refractivity contribution in [2.45, 2.75) is 49.5 Å². The van der Waals surface area contributed by atoms with Crippen LogP contribution in [0.25, 0.3) is 0 Å². The third-order valence-electron chi connectivity index (χ3n) is 3.99. The first-order chi connectivity index (χ1) is 8.24. The maximum Gasteiger partial charge on any atom is 0.0713 e. The minimum Gasteiger partial charge on any atom is -0.375 e. The Morgan fingerprint density at radius 3 is 2.94 bits per heavy atom. The Hall–Kier alpha value is 0.620. The summed E-state index contributed by atoms with van der Waals surface area (Å²) < 4.78 is 6.11. The molecule has 2 fully saturated rings. The SMILES string of the molecule is CSC(C)CNC1CCOC2(CCSCC2)C1. The average Bonchev–Trinajstić information content (AvgIpc) is 2.37. The summed E-state index contributed by atoms with van der Waals surface area (Å²) in [5.41, 5.74) is 0.226. The van der Waals surface area contributed by atoms with Crippen molar-refractivity contribution in [3.05, 3.63) is 0 Å². The van der Waals surface area contributed by atoms with Gasteiger partial charge in [-0.3, -0.25) is 0 Å². The van der Waals surface area contributed by atoms with Gasteiger partial charge >= 0.3 is 0 Å². The third kappa shape index (κ3) is 4.05. The molecule has 4 heteroatoms. The van der Waals surface area contributed by atoms with Crippen LogP contribution in [0.15, 0.2) is 0 Å². The molecule has 2 rings (SSSR count). The van der Waals surface area contributed by atoms with Gasteiger partial charge < -0.3 is 10.1 Å². The van der Waals surface area contributed by atoms with Crippen molar-refractivity contribution in [1.82, 2.24) is 5.32 Å². The molecule has 0 aromatic heterocycles. The number of ether oxygens (including phenoxy) is 1. The fraction of sp³-hybridized carbons (Fsp3) is 1.00. The van der Waals surface area contributed by atoms with Crippen LogP contribution in [0.5, 0.6) is 0 Å². The van der Waals surface area contributed by atoms with Crippen molar-refractivity contribution in [2.75, 3.05) is 30.9 Å². The van der Waals surface area contributed by atoms with Crippen LogP contribution >= 0.6 is 23.5 Å². The summed E-state index contributed by atoms with van der Waals surface area (Å²) in [4.78, 5) is 0. The van der Waals surface area contributed by atoms with Crippen molar-refractivity contribution >= 4 is 23.5 Å². The van der Waals surface area contributed by atoms with Gasteiger partial charge in [0.05, 0.1) is 5.60 Å². The summed E-state index contributed by atoms with van der Waals surface area (Å²) in [7, 11) is 0. The van der Waals surface area contributed by atoms with E-state index in [0.29, 0.717) is 6.04 Å². The molecule has 2 heterocycles. The van der Waals surface area contributed by atoms with Gasteiger partial charge in [-0.05, 0) is 43.4 Å². The van der Waals surface area contributed by atoms with E-state index in [4.69, 9.17) is 4.74 Å². The Morgan fingerprint density at radius 2 is 2.24 bits per heavy atom. The standard InChI is InChI=1S/C13H25NOS2/c1-11(16-2)10-14-12-3-6-15-13(9-12)4-7-17-8-5-13/h11-12,14H,3-10H2,1-2H3. The van der Waals surface area contributed by atoms with Crippen LogP contribution in [0, 0.1) is 0 Å². The molecule has 0 aliphatic carbocycles. The normalized spacial score (nSPS) is 30.4. The summed E-state index contributed by atoms with van der Waals surface area (Å²) >= 11 is 4.03. The summed E-state index contributed by atoms with van der Waals surface area (Å²) in [6.45, 7) is 4.39. The second-order valence-electron chi connectivity index (χ2n) is 5.29. The Morgan fingerprint density at radius 1 is 1.47 bits per heavy atom. The molecule has 0 aromatic carbocycles. The molecule has 2 saturated heterocycles. The first-order valence-corrected chi connectivity index (χ1v) is 9.16. The molecule has 2 aliphatic rings. The van der Waals surface area contributed by atoms with Crippen molar-refractivity contribution in [2.24, 2.45) is 0 Å². The van der Waals surface area contributed by atoms with E-state index in [0.717, 1.165) is 18.4 Å². The second-order valence-corrected chi connectivity index (χ2v) is 7.79. The van der Waals surface area contributed by atoms with Gasteiger partial charge in [-0.15, -0.1) is 0 Å². The van der Waals surface area contributed by atoms with Gasteiger partial charge in [-0.1, -0.05) is 6.92 Å². The first kappa shape index (κ1) is 14.0. The van der Waals surface area contributed by atoms with Gasteiger partial charge in [-0.2, -0.15) is 23.5 Å². The molecule has 0 saturated carbocycles. The van der Waals surface area contributed by atoms with Gasteiger partial charge in [0, 0.05) is 24.4 Å². The maximum absolute atomic E-state index is 6.11. The van der Waals surface area contributed by atoms with Gasteiger partial charge in [-0.25, -0.2) is 0 Å². The highest BCUT2D eigenvalue weighted by atomic mass is 32.2. The van der Waals surface area contributed by atoms with Crippen LogP contribution < -0.4 is 5.32 Å². The van der Waals surface area contributed by atoms with E-state index in [1.807, 2.05) is 11.8 Å². The number of nitrogens with one attached hydrogen (secondary N) is 1. The van der Waals surface area contributed by atoms with Gasteiger partial charge in [0.1, 0.15) is 0 Å². The minimum atomic E-state index is 0.226. The lowest BCUT2D eigenvalue weighted by Gasteiger charge is -2.43. The number of thioether (sulfide) groups is 2. The van der Waals surface area contributed by atoms with E-state index in [9.17, 15) is 0 Å². The van der Waals surface area contributed by atoms with E-state index in [2.05, 4.69) is 30.3 Å². The van der Waals surface area contributed by atoms with E-state index in [1.165, 1.54) is 37.2 Å². The molecule has 0 amide bonds. The molecule has 100 valence electrons. The fourth-order valence-corrected chi connectivity index (χ4v) is 4.21. The van der Waals surface area contributed by atoms with Crippen LogP contribution in [-0.4, -0.2) is 47.8 Å². The molecule has 17 heavy (non-hydrogen) atoms. The summed E-state index contributed by atoms with van der Waals surface area (Å²) in [6.07, 6.45) is 7.13. The van der Waals surface area contributed by atoms with Gasteiger partial charge in [0.25, 0.3) is 0 Å². The molecule has 2 unspecified atom stereocenters. The van der Waals surface area contributed by atoms with Gasteiger partial charge in [0.15, 0.2) is 0 Å². The van der Waals surface area contributed by atoms with Gasteiger partial charge in [0.2, 0.25) is 0 Å². The summed E-state index contributed by atoms with van der Waals surface area (Å²) in [5.74, 6) is 2.57. The molecule has 1 N–H and O–H groups in total. The highest BCUT2D eigenvalue weighted by molar-refractivity contribution is 7.99. The molecular weight excluding hydrogens is 250 g/mol. The van der Waals surface area contributed by atoms with Crippen LogP contribution in [0.2, 0.25) is 0 Å². The second kappa shape index (κ2) is 6.69. The molecular formula is C13H25NOS2. The minimum absolute atomic E-state index is 0.226. The maximum atomic E-state index is 6.11. The summed E-state index contributed by atoms with van der Waals surface area (Å²) in [6, 6.07) is 0.682. The van der Waals surface area contributed by atoms with E-state index in [-0.39, 0.29) is 5.60 Å². The number of rotatable bonds is 4. The summed E-state index contributed by atoms with van der Waals surface area (Å²) in [5, 5.41) is 4.45. The van der Waals surface area contributed by atoms with Crippen molar-refractivity contribution in [3.63, 3.8) is 0 Å². The van der Waals surface area contributed by atoms with Crippen LogP contribution in [-0.2, 0) is 4.74 Å². The number of hydrogen-bond acceptors (Lipinski definition) is 4. The lowest BCUT2D eigenvalue weighted by Crippen LogP contribution is -2.49. The first-order valence-electron chi connectivity index (χ1n) is 6.72. The van der Waals surface area contributed by atoms with Crippen molar-refractivity contribution in [3.8, 4) is 0 Å². The quantitative estimate of drug-likeness (QED) is 0.851. The largest absolute Gasteiger partial charge is 0.375 e. The monoisotopic (exact) mass is 275 g/mol. The fourth-order valence-electron chi connectivity index (χ4n) is 2.71. The van der Waals surface area contributed by atoms with E-state index < -0.39 is 0 Å². The topological polar surface area (TPSA) is 21.3 Å². The zero-order valence-electron chi connectivity index (χ0n) is 11.0. The predicted molar refractivity (Wildman–Crippen MR) is 79.2 cm³/mol. The zero-order valence-corrected chi connectivity index (χ0v) is 12.7. The van der Waals surface area contributed by atoms with Crippen LogP contribution in [0.3, 0.4) is 0 Å². The lowest BCUT2D eigenvalue weighted by molar-refractivity contribution is -0.0930. The third-order valence-corrected chi connectivity index (χ3v) is 5.95. The Balaban J connectivity index is 1.79. The Labute approximate surface area is 114 Å². The molecule has 0 bridgehead atoms. The smallest absolute Gasteiger partial charge is 0.0713 e. The molecule has 2 aliphatic heterocycles. The van der Waals surface area contributed by atoms with E-state index >= 15 is 0 Å². The zero-order chi connectivity index (χ0) is 12.1. The molecule has 0 radical (unpaired) electrons. The van der Waals surface area contributed by atoms with Crippen LogP contribution in [0.1, 0.15) is 32.6 Å². The van der Waals surface area contributed by atoms with Crippen molar-refractivity contribution < 1.29 is 4.74 Å². The highest BCUT2D eigenvalue weighted by Crippen LogP contribution is 2.37. The molecule has 0 aromatic rings. The Kier molecular flexibility index (Phi) is 5.52. The highest BCUT2D eigenvalue weighted by Gasteiger charge is 2.38. The predicted octanol–water partition coefficient (Wildman–Crippen LogP) is 2.77. The lowest BCUT2D eigenvalue weighted by atomic mass is 9.85. The average molecular weight is 275 g/mol. The van der Waals surface area contributed by atoms with Crippen LogP contribution in [0.4, 0.5) is 0 Å². The van der Waals surface area contributed by atoms with Crippen molar-refractivity contribution in [1.29, 1.82) is 0 Å². The molecule has 2 nitrogen and oxygen atoms in total. The molecule has 1 spiro atoms.